The van der Waals surface area contributed by atoms with Gasteiger partial charge in [0.05, 0.1) is 6.04 Å². The number of ether oxygens (including phenoxy) is 1. The van der Waals surface area contributed by atoms with Crippen LogP contribution in [0, 0.1) is 0 Å². The molecule has 1 fully saturated rings. The van der Waals surface area contributed by atoms with E-state index in [-0.39, 0.29) is 9.47 Å². The first-order valence-electron chi connectivity index (χ1n) is 7.95. The smallest absolute Gasteiger partial charge is 0.409 e. The van der Waals surface area contributed by atoms with Crippen molar-refractivity contribution in [3.63, 3.8) is 0 Å². The molecule has 1 aromatic heterocycles. The minimum absolute atomic E-state index is 0.0486. The van der Waals surface area contributed by atoms with E-state index in [0.29, 0.717) is 13.1 Å². The molecule has 2 rings (SSSR count). The lowest BCUT2D eigenvalue weighted by molar-refractivity contribution is 0.0791. The van der Waals surface area contributed by atoms with Crippen molar-refractivity contribution >= 4 is 38.6 Å². The molecule has 0 saturated carbocycles. The summed E-state index contributed by atoms with van der Waals surface area (Å²) in [6.45, 7) is 6.04. The summed E-state index contributed by atoms with van der Waals surface area (Å²) in [4.78, 5) is 27.2. The van der Waals surface area contributed by atoms with E-state index < -0.39 is 34.4 Å². The summed E-state index contributed by atoms with van der Waals surface area (Å²) in [6.07, 6.45) is -1.62. The van der Waals surface area contributed by atoms with Gasteiger partial charge < -0.3 is 15.0 Å². The second-order valence-corrected chi connectivity index (χ2v) is 8.92. The summed E-state index contributed by atoms with van der Waals surface area (Å²) in [7, 11) is -1.03. The van der Waals surface area contributed by atoms with Crippen molar-refractivity contribution in [3.05, 3.63) is 0 Å². The van der Waals surface area contributed by atoms with Crippen molar-refractivity contribution in [3.8, 4) is 0 Å². The highest BCUT2D eigenvalue weighted by Crippen LogP contribution is 2.33. The maximum Gasteiger partial charge on any atom is 0.409 e. The van der Waals surface area contributed by atoms with E-state index in [1.165, 1.54) is 19.0 Å². The number of nitrogens with one attached hydrogen (secondary N) is 1. The van der Waals surface area contributed by atoms with Crippen molar-refractivity contribution in [2.24, 2.45) is 0 Å². The van der Waals surface area contributed by atoms with E-state index in [1.54, 1.807) is 20.8 Å². The summed E-state index contributed by atoms with van der Waals surface area (Å²) in [5.74, 6) is 0. The van der Waals surface area contributed by atoms with Crippen LogP contribution in [0.15, 0.2) is 4.34 Å². The molecule has 1 aliphatic rings. The van der Waals surface area contributed by atoms with Gasteiger partial charge in [-0.15, -0.1) is 10.2 Å². The van der Waals surface area contributed by atoms with Gasteiger partial charge in [0, 0.05) is 27.2 Å². The van der Waals surface area contributed by atoms with Crippen molar-refractivity contribution < 1.29 is 22.7 Å². The van der Waals surface area contributed by atoms with E-state index >= 15 is 0 Å². The maximum absolute atomic E-state index is 12.7. The Morgan fingerprint density at radius 1 is 1.35 bits per heavy atom. The molecule has 0 bridgehead atoms. The van der Waals surface area contributed by atoms with Crippen LogP contribution in [0.2, 0.25) is 0 Å². The number of urea groups is 1. The number of sulfonamides is 1. The van der Waals surface area contributed by atoms with E-state index in [0.717, 1.165) is 20.5 Å². The van der Waals surface area contributed by atoms with Crippen LogP contribution >= 0.6 is 11.3 Å². The first-order chi connectivity index (χ1) is 12.1. The number of amides is 3. The predicted octanol–water partition coefficient (Wildman–Crippen LogP) is 0.511. The van der Waals surface area contributed by atoms with Crippen molar-refractivity contribution in [2.45, 2.75) is 37.4 Å². The first-order valence-corrected chi connectivity index (χ1v) is 10.2. The molecule has 0 aromatic carbocycles. The third kappa shape index (κ3) is 3.59. The fourth-order valence-electron chi connectivity index (χ4n) is 2.41. The molecule has 1 aromatic rings. The topological polar surface area (TPSA) is 125 Å². The molecule has 2 heterocycles. The largest absolute Gasteiger partial charge is 0.423 e. The number of carbonyl (C=O) groups is 2. The molecule has 0 aliphatic carbocycles. The molecule has 3 amide bonds. The molecule has 0 radical (unpaired) electrons. The standard InChI is InChI=1S/C13H22N6O5S2/c1-6-14-11(20)24-9-8(3)18(7-2)13(21)19(9)10-15-16-12(25-10)26(22,23)17(4)5/h8-9H,6-7H2,1-5H3,(H,14,20). The van der Waals surface area contributed by atoms with Gasteiger partial charge in [0.15, 0.2) is 0 Å². The number of alkyl carbamates (subject to hydrolysis) is 1. The fraction of sp³-hybridized carbons (Fsp3) is 0.692. The van der Waals surface area contributed by atoms with Gasteiger partial charge >= 0.3 is 12.1 Å². The monoisotopic (exact) mass is 406 g/mol. The molecule has 146 valence electrons. The minimum Gasteiger partial charge on any atom is -0.423 e. The second-order valence-electron chi connectivity index (χ2n) is 5.64. The number of anilines is 1. The van der Waals surface area contributed by atoms with Crippen molar-refractivity contribution in [2.75, 3.05) is 32.1 Å². The summed E-state index contributed by atoms with van der Waals surface area (Å²) in [5.41, 5.74) is 0. The number of hydrogen-bond donors (Lipinski definition) is 1. The van der Waals surface area contributed by atoms with Gasteiger partial charge in [0.25, 0.3) is 10.0 Å². The molecule has 13 heteroatoms. The molecule has 1 saturated heterocycles. The van der Waals surface area contributed by atoms with Crippen LogP contribution in [-0.4, -0.2) is 79.4 Å². The van der Waals surface area contributed by atoms with Crippen LogP contribution in [0.4, 0.5) is 14.7 Å². The Kier molecular flexibility index (Phi) is 6.03. The quantitative estimate of drug-likeness (QED) is 0.682. The molecular weight excluding hydrogens is 384 g/mol. The number of nitrogens with zero attached hydrogens (tertiary/aromatic N) is 5. The molecule has 1 N–H and O–H groups in total. The molecule has 2 atom stereocenters. The summed E-state index contributed by atoms with van der Waals surface area (Å²) in [5, 5.41) is 10.1. The van der Waals surface area contributed by atoms with Gasteiger partial charge in [0.2, 0.25) is 15.7 Å². The Bertz CT molecular complexity index is 780. The van der Waals surface area contributed by atoms with Crippen molar-refractivity contribution in [1.29, 1.82) is 0 Å². The zero-order valence-corrected chi connectivity index (χ0v) is 16.8. The lowest BCUT2D eigenvalue weighted by atomic mass is 10.3. The molecule has 1 aliphatic heterocycles. The number of aromatic nitrogens is 2. The lowest BCUT2D eigenvalue weighted by Gasteiger charge is -2.23. The van der Waals surface area contributed by atoms with Crippen LogP contribution in [0.5, 0.6) is 0 Å². The third-order valence-electron chi connectivity index (χ3n) is 3.80. The second kappa shape index (κ2) is 7.72. The average molecular weight is 406 g/mol. The molecule has 26 heavy (non-hydrogen) atoms. The van der Waals surface area contributed by atoms with Crippen LogP contribution in [-0.2, 0) is 14.8 Å². The molecule has 2 unspecified atom stereocenters. The maximum atomic E-state index is 12.7. The lowest BCUT2D eigenvalue weighted by Crippen LogP contribution is -2.42. The average Bonchev–Trinajstić information content (AvgIpc) is 3.12. The highest BCUT2D eigenvalue weighted by Gasteiger charge is 2.47. The number of rotatable bonds is 6. The third-order valence-corrected chi connectivity index (χ3v) is 6.89. The first kappa shape index (κ1) is 20.3. The van der Waals surface area contributed by atoms with Gasteiger partial charge in [-0.1, -0.05) is 11.3 Å². The molecular formula is C13H22N6O5S2. The number of hydrogen-bond acceptors (Lipinski definition) is 8. The van der Waals surface area contributed by atoms with Gasteiger partial charge in [-0.3, -0.25) is 0 Å². The normalized spacial score (nSPS) is 20.8. The Hall–Kier alpha value is -1.99. The van der Waals surface area contributed by atoms with E-state index in [1.807, 2.05) is 0 Å². The van der Waals surface area contributed by atoms with E-state index in [2.05, 4.69) is 15.5 Å². The Labute approximate surface area is 156 Å². The summed E-state index contributed by atoms with van der Waals surface area (Å²) < 4.78 is 30.5. The van der Waals surface area contributed by atoms with Gasteiger partial charge in [0.1, 0.15) is 0 Å². The van der Waals surface area contributed by atoms with E-state index in [4.69, 9.17) is 4.74 Å². The molecule has 11 nitrogen and oxygen atoms in total. The van der Waals surface area contributed by atoms with Crippen LogP contribution < -0.4 is 10.2 Å². The SMILES string of the molecule is CCNC(=O)OC1C(C)N(CC)C(=O)N1c1nnc(S(=O)(=O)N(C)C)s1. The Morgan fingerprint density at radius 3 is 2.54 bits per heavy atom. The zero-order valence-electron chi connectivity index (χ0n) is 15.2. The van der Waals surface area contributed by atoms with Crippen LogP contribution in [0.1, 0.15) is 20.8 Å². The van der Waals surface area contributed by atoms with Crippen LogP contribution in [0.3, 0.4) is 0 Å². The zero-order chi connectivity index (χ0) is 19.6. The van der Waals surface area contributed by atoms with Gasteiger partial charge in [-0.2, -0.15) is 0 Å². The van der Waals surface area contributed by atoms with Crippen LogP contribution in [0.25, 0.3) is 0 Å². The summed E-state index contributed by atoms with van der Waals surface area (Å²) >= 11 is 0.743. The minimum atomic E-state index is -3.78. The number of carbonyl (C=O) groups excluding carboxylic acids is 2. The summed E-state index contributed by atoms with van der Waals surface area (Å²) in [6, 6.07) is -0.868. The molecule has 0 spiro atoms. The highest BCUT2D eigenvalue weighted by molar-refractivity contribution is 7.91. The van der Waals surface area contributed by atoms with Gasteiger partial charge in [-0.05, 0) is 20.8 Å². The highest BCUT2D eigenvalue weighted by atomic mass is 32.2. The fourth-order valence-corrected chi connectivity index (χ4v) is 4.56. The van der Waals surface area contributed by atoms with E-state index in [9.17, 15) is 18.0 Å². The van der Waals surface area contributed by atoms with Crippen molar-refractivity contribution in [1.82, 2.24) is 24.7 Å². The Morgan fingerprint density at radius 2 is 2.00 bits per heavy atom. The predicted molar refractivity (Wildman–Crippen MR) is 94.4 cm³/mol. The van der Waals surface area contributed by atoms with Gasteiger partial charge in [-0.25, -0.2) is 27.2 Å². The Balaban J connectivity index is 2.39. The number of likely N-dealkylation sites (N-methyl/N-ethyl adjacent to an activating group) is 1.